The molecule has 0 saturated carbocycles. The molecular weight excluding hydrogens is 813 g/mol. The van der Waals surface area contributed by atoms with Crippen LogP contribution in [0.15, 0.2) is 97.5 Å². The Kier molecular flexibility index (Phi) is 9.87. The van der Waals surface area contributed by atoms with E-state index in [0.29, 0.717) is 0 Å². The summed E-state index contributed by atoms with van der Waals surface area (Å²) in [5.41, 5.74) is 7.17. The third-order valence-electron chi connectivity index (χ3n) is 9.07. The Morgan fingerprint density at radius 1 is 0.667 bits per heavy atom. The summed E-state index contributed by atoms with van der Waals surface area (Å²) >= 11 is 0. The second-order valence-corrected chi connectivity index (χ2v) is 12.2. The molecule has 1 saturated heterocycles. The maximum Gasteiger partial charge on any atom is 0.354 e. The van der Waals surface area contributed by atoms with Crippen molar-refractivity contribution in [3.63, 3.8) is 0 Å². The van der Waals surface area contributed by atoms with Gasteiger partial charge in [-0.05, 0) is 57.5 Å². The molecule has 7 heterocycles. The van der Waals surface area contributed by atoms with Gasteiger partial charge in [-0.3, -0.25) is 0 Å². The van der Waals surface area contributed by atoms with Crippen molar-refractivity contribution in [3.8, 4) is 0 Å². The van der Waals surface area contributed by atoms with Crippen LogP contribution in [0.5, 0.6) is 0 Å². The van der Waals surface area contributed by atoms with Crippen LogP contribution in [0.1, 0.15) is 5.56 Å². The minimum atomic E-state index is -0.145. The first kappa shape index (κ1) is 34.7. The van der Waals surface area contributed by atoms with Gasteiger partial charge in [-0.25, -0.2) is 15.0 Å². The van der Waals surface area contributed by atoms with Crippen LogP contribution in [0.2, 0.25) is 0 Å². The summed E-state index contributed by atoms with van der Waals surface area (Å²) in [4.78, 5) is 26.1. The molecule has 16 heteroatoms. The van der Waals surface area contributed by atoms with Gasteiger partial charge < -0.3 is 51.4 Å². The van der Waals surface area contributed by atoms with E-state index in [9.17, 15) is 0 Å². The molecule has 5 aromatic rings. The average Bonchev–Trinajstić information content (AvgIpc) is 3.79. The molecule has 2 N–H and O–H groups in total. The summed E-state index contributed by atoms with van der Waals surface area (Å²) in [6, 6.07) is 29.4. The molecule has 4 aliphatic rings. The zero-order chi connectivity index (χ0) is 34.4. The van der Waals surface area contributed by atoms with Crippen LogP contribution in [-0.2, 0) is 20.1 Å². The fourth-order valence-corrected chi connectivity index (χ4v) is 6.61. The van der Waals surface area contributed by atoms with Crippen molar-refractivity contribution >= 4 is 73.0 Å². The number of aromatic nitrogens is 3. The van der Waals surface area contributed by atoms with Gasteiger partial charge in [0.1, 0.15) is 17.5 Å². The van der Waals surface area contributed by atoms with Gasteiger partial charge in [-0.2, -0.15) is 68.3 Å². The SMILES string of the molecule is [CH2-]N1B(c2[c-]cccc2)N[B]NB1N1[CH-]N(C)c2cccnc21.[CH2-]c1c(N2[CH-]N(C)c3cccnc32)cccc1N1[CH-]N(C)c2cccnc21.[Ir]. The van der Waals surface area contributed by atoms with Crippen LogP contribution in [0.3, 0.4) is 0 Å². The first-order valence-electron chi connectivity index (χ1n) is 16.2. The van der Waals surface area contributed by atoms with Crippen LogP contribution in [-0.4, -0.2) is 62.5 Å². The standard InChI is InChI=1S/C21H19N6.C14H15B3N6.Ir/c1-15-16(26-13-24(2)18-9-5-11-22-20(18)26)7-4-8-17(15)27-14-25(3)19-10-6-12-23-21(19)27;1-21-11-23(14-13(21)9-6-10-18-14)17-20-15-19-16(22(17)2)12-7-4-3-5-8-12;/h4-14H,1H2,2-3H3;3-7,9-11,19-20H,2H2,1H3;/q2*-3;. The van der Waals surface area contributed by atoms with Gasteiger partial charge >= 0.3 is 7.12 Å². The molecule has 0 bridgehead atoms. The third kappa shape index (κ3) is 6.27. The Morgan fingerprint density at radius 2 is 1.20 bits per heavy atom. The van der Waals surface area contributed by atoms with E-state index in [1.807, 2.05) is 114 Å². The summed E-state index contributed by atoms with van der Waals surface area (Å²) in [7, 11) is 12.0. The molecule has 0 atom stereocenters. The molecule has 0 unspecified atom stereocenters. The van der Waals surface area contributed by atoms with Crippen molar-refractivity contribution in [2.75, 3.05) is 50.5 Å². The monoisotopic (exact) mass is 848 g/mol. The summed E-state index contributed by atoms with van der Waals surface area (Å²) < 4.78 is 1.97. The second-order valence-electron chi connectivity index (χ2n) is 12.2. The quantitative estimate of drug-likeness (QED) is 0.205. The molecule has 2 radical (unpaired) electrons. The minimum absolute atomic E-state index is 0. The number of nitrogens with one attached hydrogen (secondary N) is 2. The van der Waals surface area contributed by atoms with Crippen molar-refractivity contribution in [1.29, 1.82) is 0 Å². The topological polar surface area (TPSA) is 85.4 Å². The smallest absolute Gasteiger partial charge is 0.354 e. The number of nitrogens with zero attached hydrogens (tertiary/aromatic N) is 10. The van der Waals surface area contributed by atoms with E-state index in [2.05, 4.69) is 105 Å². The Balaban J connectivity index is 0.000000158. The Hall–Kier alpha value is -4.72. The van der Waals surface area contributed by atoms with Gasteiger partial charge in [0, 0.05) is 55.8 Å². The largest absolute Gasteiger partial charge is 0.511 e. The Bertz CT molecular complexity index is 1920. The molecule has 12 nitrogen and oxygen atoms in total. The number of pyridine rings is 3. The normalized spacial score (nSPS) is 16.3. The zero-order valence-corrected chi connectivity index (χ0v) is 30.8. The average molecular weight is 847 g/mol. The number of anilines is 8. The molecule has 258 valence electrons. The molecule has 0 spiro atoms. The molecule has 1 fully saturated rings. The maximum absolute atomic E-state index is 4.57. The maximum atomic E-state index is 4.57. The number of hydrogen-bond acceptors (Lipinski definition) is 12. The molecular formula is C35H34B3IrN12-6. The van der Waals surface area contributed by atoms with Crippen molar-refractivity contribution in [2.24, 2.45) is 0 Å². The van der Waals surface area contributed by atoms with Crippen LogP contribution in [0.25, 0.3) is 0 Å². The molecule has 0 aliphatic carbocycles. The van der Waals surface area contributed by atoms with Crippen molar-refractivity contribution in [3.05, 3.63) is 143 Å². The summed E-state index contributed by atoms with van der Waals surface area (Å²) in [5.74, 6) is 2.72. The molecule has 0 amide bonds. The van der Waals surface area contributed by atoms with E-state index >= 15 is 0 Å². The number of benzene rings is 2. The predicted octanol–water partition coefficient (Wildman–Crippen LogP) is 3.53. The van der Waals surface area contributed by atoms with Gasteiger partial charge in [0.15, 0.2) is 0 Å². The van der Waals surface area contributed by atoms with Crippen LogP contribution < -0.4 is 45.1 Å². The first-order valence-corrected chi connectivity index (χ1v) is 16.2. The molecule has 4 aliphatic heterocycles. The van der Waals surface area contributed by atoms with Crippen LogP contribution >= 0.6 is 0 Å². The van der Waals surface area contributed by atoms with E-state index in [0.717, 1.165) is 56.9 Å². The molecule has 9 rings (SSSR count). The van der Waals surface area contributed by atoms with Gasteiger partial charge in [-0.15, -0.1) is 0 Å². The molecule has 51 heavy (non-hydrogen) atoms. The molecule has 3 aromatic heterocycles. The van der Waals surface area contributed by atoms with Gasteiger partial charge in [-0.1, -0.05) is 29.6 Å². The fraction of sp³-hybridized carbons (Fsp3) is 0.0857. The Labute approximate surface area is 315 Å². The first-order chi connectivity index (χ1) is 24.4. The number of rotatable bonds is 4. The third-order valence-corrected chi connectivity index (χ3v) is 9.07. The zero-order valence-electron chi connectivity index (χ0n) is 28.4. The summed E-state index contributed by atoms with van der Waals surface area (Å²) in [6.07, 6.45) is 5.43. The van der Waals surface area contributed by atoms with E-state index in [1.165, 1.54) is 0 Å². The van der Waals surface area contributed by atoms with Gasteiger partial charge in [0.05, 0.1) is 0 Å². The number of fused-ring (bicyclic) bond motifs is 3. The van der Waals surface area contributed by atoms with Crippen LogP contribution in [0, 0.1) is 40.0 Å². The van der Waals surface area contributed by atoms with E-state index in [1.54, 1.807) is 6.20 Å². The predicted molar refractivity (Wildman–Crippen MR) is 204 cm³/mol. The second kappa shape index (κ2) is 14.5. The van der Waals surface area contributed by atoms with E-state index < -0.39 is 0 Å². The fourth-order valence-electron chi connectivity index (χ4n) is 6.61. The molecule has 2 aromatic carbocycles. The summed E-state index contributed by atoms with van der Waals surface area (Å²) in [5, 5.41) is 6.61. The number of hydrogen-bond donors (Lipinski definition) is 2. The summed E-state index contributed by atoms with van der Waals surface area (Å²) in [6.45, 7) is 10.4. The minimum Gasteiger partial charge on any atom is -0.511 e. The van der Waals surface area contributed by atoms with Crippen molar-refractivity contribution in [1.82, 2.24) is 30.0 Å². The van der Waals surface area contributed by atoms with Crippen molar-refractivity contribution < 1.29 is 20.1 Å². The van der Waals surface area contributed by atoms with E-state index in [4.69, 9.17) is 0 Å². The Morgan fingerprint density at radius 3 is 1.76 bits per heavy atom. The van der Waals surface area contributed by atoms with Crippen molar-refractivity contribution in [2.45, 2.75) is 0 Å². The van der Waals surface area contributed by atoms with Crippen LogP contribution in [0.4, 0.5) is 45.9 Å². The van der Waals surface area contributed by atoms with E-state index in [-0.39, 0.29) is 34.2 Å². The van der Waals surface area contributed by atoms with Gasteiger partial charge in [0.2, 0.25) is 0 Å². The van der Waals surface area contributed by atoms with Gasteiger partial charge in [0.25, 0.3) is 14.5 Å².